The minimum Gasteiger partial charge on any atom is -0.350 e. The molecule has 1 saturated heterocycles. The van der Waals surface area contributed by atoms with Gasteiger partial charge in [0, 0.05) is 5.54 Å². The Labute approximate surface area is 111 Å². The highest BCUT2D eigenvalue weighted by atomic mass is 16.2. The Balaban J connectivity index is 2.10. The van der Waals surface area contributed by atoms with E-state index in [0.29, 0.717) is 6.54 Å². The fourth-order valence-electron chi connectivity index (χ4n) is 2.36. The van der Waals surface area contributed by atoms with Gasteiger partial charge in [0.2, 0.25) is 5.91 Å². The first kappa shape index (κ1) is 15.4. The molecule has 4 nitrogen and oxygen atoms in total. The molecule has 1 heterocycles. The zero-order chi connectivity index (χ0) is 13.6. The molecule has 0 aromatic rings. The summed E-state index contributed by atoms with van der Waals surface area (Å²) in [4.78, 5) is 14.1. The molecule has 1 fully saturated rings. The van der Waals surface area contributed by atoms with E-state index in [1.165, 1.54) is 25.9 Å². The Hall–Kier alpha value is -0.610. The van der Waals surface area contributed by atoms with Crippen molar-refractivity contribution < 1.29 is 4.79 Å². The standard InChI is InChI=1S/C14H29N3O/c1-5-17-8-6-12(7-9-17)10-15-11-13(18)16-14(2,3)4/h12,15H,5-11H2,1-4H3,(H,16,18). The van der Waals surface area contributed by atoms with Gasteiger partial charge in [-0.3, -0.25) is 4.79 Å². The Morgan fingerprint density at radius 2 is 1.89 bits per heavy atom. The van der Waals surface area contributed by atoms with Crippen molar-refractivity contribution in [2.24, 2.45) is 5.92 Å². The molecule has 0 spiro atoms. The van der Waals surface area contributed by atoms with Crippen molar-refractivity contribution in [3.05, 3.63) is 0 Å². The molecule has 1 amide bonds. The zero-order valence-corrected chi connectivity index (χ0v) is 12.4. The molecule has 0 unspecified atom stereocenters. The second-order valence-electron chi connectivity index (χ2n) is 6.31. The lowest BCUT2D eigenvalue weighted by molar-refractivity contribution is -0.121. The van der Waals surface area contributed by atoms with E-state index in [1.807, 2.05) is 20.8 Å². The van der Waals surface area contributed by atoms with Crippen LogP contribution in [0.3, 0.4) is 0 Å². The van der Waals surface area contributed by atoms with E-state index >= 15 is 0 Å². The van der Waals surface area contributed by atoms with Gasteiger partial charge in [-0.05, 0) is 65.7 Å². The van der Waals surface area contributed by atoms with Crippen LogP contribution < -0.4 is 10.6 Å². The third-order valence-corrected chi connectivity index (χ3v) is 3.39. The summed E-state index contributed by atoms with van der Waals surface area (Å²) in [7, 11) is 0. The number of hydrogen-bond acceptors (Lipinski definition) is 3. The zero-order valence-electron chi connectivity index (χ0n) is 12.4. The summed E-state index contributed by atoms with van der Waals surface area (Å²) in [6.45, 7) is 13.2. The normalized spacial score (nSPS) is 18.9. The van der Waals surface area contributed by atoms with Crippen molar-refractivity contribution >= 4 is 5.91 Å². The summed E-state index contributed by atoms with van der Waals surface area (Å²) in [6, 6.07) is 0. The first-order valence-electron chi connectivity index (χ1n) is 7.15. The molecule has 1 aliphatic rings. The molecule has 1 aliphatic heterocycles. The van der Waals surface area contributed by atoms with Crippen LogP contribution >= 0.6 is 0 Å². The molecular formula is C14H29N3O. The van der Waals surface area contributed by atoms with Crippen LogP contribution in [-0.2, 0) is 4.79 Å². The van der Waals surface area contributed by atoms with Gasteiger partial charge >= 0.3 is 0 Å². The summed E-state index contributed by atoms with van der Waals surface area (Å²) in [6.07, 6.45) is 2.50. The fraction of sp³-hybridized carbons (Fsp3) is 0.929. The lowest BCUT2D eigenvalue weighted by Crippen LogP contribution is -2.46. The van der Waals surface area contributed by atoms with Crippen LogP contribution in [0.25, 0.3) is 0 Å². The van der Waals surface area contributed by atoms with E-state index in [2.05, 4.69) is 22.5 Å². The van der Waals surface area contributed by atoms with Crippen molar-refractivity contribution in [1.82, 2.24) is 15.5 Å². The van der Waals surface area contributed by atoms with Crippen molar-refractivity contribution in [2.75, 3.05) is 32.7 Å². The smallest absolute Gasteiger partial charge is 0.234 e. The Kier molecular flexibility index (Phi) is 6.09. The van der Waals surface area contributed by atoms with Gasteiger partial charge in [-0.25, -0.2) is 0 Å². The van der Waals surface area contributed by atoms with Crippen LogP contribution in [0.4, 0.5) is 0 Å². The number of carbonyl (C=O) groups excluding carboxylic acids is 1. The molecule has 0 bridgehead atoms. The van der Waals surface area contributed by atoms with Gasteiger partial charge in [0.25, 0.3) is 0 Å². The number of amides is 1. The predicted octanol–water partition coefficient (Wildman–Crippen LogP) is 1.22. The van der Waals surface area contributed by atoms with Crippen LogP contribution in [0.2, 0.25) is 0 Å². The molecule has 18 heavy (non-hydrogen) atoms. The topological polar surface area (TPSA) is 44.4 Å². The molecule has 0 atom stereocenters. The second kappa shape index (κ2) is 7.10. The van der Waals surface area contributed by atoms with Crippen LogP contribution in [0, 0.1) is 5.92 Å². The van der Waals surface area contributed by atoms with Crippen LogP contribution in [0.1, 0.15) is 40.5 Å². The molecule has 0 aromatic heterocycles. The molecule has 1 rings (SSSR count). The summed E-state index contributed by atoms with van der Waals surface area (Å²) >= 11 is 0. The van der Waals surface area contributed by atoms with E-state index in [4.69, 9.17) is 0 Å². The summed E-state index contributed by atoms with van der Waals surface area (Å²) in [5.41, 5.74) is -0.134. The monoisotopic (exact) mass is 255 g/mol. The quantitative estimate of drug-likeness (QED) is 0.776. The molecule has 0 aromatic carbocycles. The Morgan fingerprint density at radius 1 is 1.28 bits per heavy atom. The number of hydrogen-bond donors (Lipinski definition) is 2. The highest BCUT2D eigenvalue weighted by molar-refractivity contribution is 5.78. The third kappa shape index (κ3) is 6.36. The van der Waals surface area contributed by atoms with Crippen LogP contribution in [-0.4, -0.2) is 49.1 Å². The van der Waals surface area contributed by atoms with Gasteiger partial charge in [0.15, 0.2) is 0 Å². The number of likely N-dealkylation sites (tertiary alicyclic amines) is 1. The van der Waals surface area contributed by atoms with Crippen LogP contribution in [0.15, 0.2) is 0 Å². The number of rotatable bonds is 5. The minimum absolute atomic E-state index is 0.0912. The largest absolute Gasteiger partial charge is 0.350 e. The summed E-state index contributed by atoms with van der Waals surface area (Å²) < 4.78 is 0. The predicted molar refractivity (Wildman–Crippen MR) is 75.6 cm³/mol. The highest BCUT2D eigenvalue weighted by Crippen LogP contribution is 2.15. The van der Waals surface area contributed by atoms with Crippen LogP contribution in [0.5, 0.6) is 0 Å². The van der Waals surface area contributed by atoms with E-state index in [0.717, 1.165) is 19.0 Å². The van der Waals surface area contributed by atoms with E-state index in [1.54, 1.807) is 0 Å². The molecule has 0 radical (unpaired) electrons. The fourth-order valence-corrected chi connectivity index (χ4v) is 2.36. The Morgan fingerprint density at radius 3 is 2.39 bits per heavy atom. The van der Waals surface area contributed by atoms with Gasteiger partial charge in [0.05, 0.1) is 6.54 Å². The SMILES string of the molecule is CCN1CCC(CNCC(=O)NC(C)(C)C)CC1. The molecule has 2 N–H and O–H groups in total. The number of piperidine rings is 1. The highest BCUT2D eigenvalue weighted by Gasteiger charge is 2.18. The first-order chi connectivity index (χ1) is 8.40. The van der Waals surface area contributed by atoms with Gasteiger partial charge in [-0.15, -0.1) is 0 Å². The maximum absolute atomic E-state index is 11.6. The average molecular weight is 255 g/mol. The maximum Gasteiger partial charge on any atom is 0.234 e. The molecule has 4 heteroatoms. The molecular weight excluding hydrogens is 226 g/mol. The lowest BCUT2D eigenvalue weighted by Gasteiger charge is -2.31. The third-order valence-electron chi connectivity index (χ3n) is 3.39. The van der Waals surface area contributed by atoms with E-state index in [-0.39, 0.29) is 11.4 Å². The van der Waals surface area contributed by atoms with Gasteiger partial charge in [-0.1, -0.05) is 6.92 Å². The number of nitrogens with zero attached hydrogens (tertiary/aromatic N) is 1. The molecule has 0 aliphatic carbocycles. The van der Waals surface area contributed by atoms with Gasteiger partial charge < -0.3 is 15.5 Å². The molecule has 106 valence electrons. The van der Waals surface area contributed by atoms with Crippen molar-refractivity contribution in [3.8, 4) is 0 Å². The minimum atomic E-state index is -0.134. The summed E-state index contributed by atoms with van der Waals surface area (Å²) in [5, 5.41) is 6.24. The summed E-state index contributed by atoms with van der Waals surface area (Å²) in [5.74, 6) is 0.823. The number of carbonyl (C=O) groups is 1. The van der Waals surface area contributed by atoms with E-state index in [9.17, 15) is 4.79 Å². The van der Waals surface area contributed by atoms with Gasteiger partial charge in [-0.2, -0.15) is 0 Å². The van der Waals surface area contributed by atoms with E-state index < -0.39 is 0 Å². The van der Waals surface area contributed by atoms with Crippen molar-refractivity contribution in [3.63, 3.8) is 0 Å². The Bertz CT molecular complexity index is 252. The first-order valence-corrected chi connectivity index (χ1v) is 7.15. The average Bonchev–Trinajstić information content (AvgIpc) is 2.27. The maximum atomic E-state index is 11.6. The second-order valence-corrected chi connectivity index (χ2v) is 6.31. The molecule has 0 saturated carbocycles. The number of nitrogens with one attached hydrogen (secondary N) is 2. The van der Waals surface area contributed by atoms with Crippen molar-refractivity contribution in [1.29, 1.82) is 0 Å². The lowest BCUT2D eigenvalue weighted by atomic mass is 9.97. The van der Waals surface area contributed by atoms with Crippen molar-refractivity contribution in [2.45, 2.75) is 46.1 Å². The van der Waals surface area contributed by atoms with Gasteiger partial charge in [0.1, 0.15) is 0 Å².